The van der Waals surface area contributed by atoms with Gasteiger partial charge in [-0.05, 0) is 36.4 Å². The first-order valence-corrected chi connectivity index (χ1v) is 17.5. The second-order valence-electron chi connectivity index (χ2n) is 11.8. The summed E-state index contributed by atoms with van der Waals surface area (Å²) < 4.78 is 11.1. The van der Waals surface area contributed by atoms with Gasteiger partial charge in [0.2, 0.25) is 0 Å². The predicted octanol–water partition coefficient (Wildman–Crippen LogP) is 6.75. The van der Waals surface area contributed by atoms with Crippen LogP contribution in [0.1, 0.15) is 45.3 Å². The zero-order valence-corrected chi connectivity index (χ0v) is 30.4. The van der Waals surface area contributed by atoms with Crippen LogP contribution >= 0.6 is 11.6 Å². The van der Waals surface area contributed by atoms with Crippen LogP contribution in [0.15, 0.2) is 113 Å². The van der Waals surface area contributed by atoms with Crippen molar-refractivity contribution in [2.24, 2.45) is 10.3 Å². The van der Waals surface area contributed by atoms with Crippen molar-refractivity contribution in [1.82, 2.24) is 19.9 Å². The van der Waals surface area contributed by atoms with Crippen molar-refractivity contribution in [1.29, 1.82) is 21.0 Å². The zero-order chi connectivity index (χ0) is 39.6. The minimum Gasteiger partial charge on any atom is -0.490 e. The minimum absolute atomic E-state index is 0.00511. The lowest BCUT2D eigenvalue weighted by Gasteiger charge is -2.06. The zero-order valence-electron chi connectivity index (χ0n) is 29.6. The molecule has 2 aromatic heterocycles. The van der Waals surface area contributed by atoms with Crippen molar-refractivity contribution >= 4 is 23.0 Å². The second-order valence-corrected chi connectivity index (χ2v) is 12.2. The van der Waals surface area contributed by atoms with Crippen molar-refractivity contribution in [3.8, 4) is 58.3 Å². The molecule has 0 unspecified atom stereocenters. The van der Waals surface area contributed by atoms with Gasteiger partial charge in [0.25, 0.3) is 0 Å². The fraction of sp³-hybridized carbons (Fsp3) is 0.0952. The Morgan fingerprint density at radius 1 is 0.456 bits per heavy atom. The van der Waals surface area contributed by atoms with Gasteiger partial charge in [-0.15, -0.1) is 0 Å². The average Bonchev–Trinajstić information content (AvgIpc) is 3.73. The maximum atomic E-state index is 9.27. The summed E-state index contributed by atoms with van der Waals surface area (Å²) in [5, 5.41) is 45.9. The van der Waals surface area contributed by atoms with E-state index in [-0.39, 0.29) is 36.0 Å². The van der Waals surface area contributed by atoms with Crippen LogP contribution in [-0.2, 0) is 9.68 Å². The fourth-order valence-electron chi connectivity index (χ4n) is 5.79. The van der Waals surface area contributed by atoms with Crippen LogP contribution < -0.4 is 9.47 Å². The summed E-state index contributed by atoms with van der Waals surface area (Å²) in [4.78, 5) is 28.0. The van der Waals surface area contributed by atoms with Crippen LogP contribution in [0.4, 0.5) is 0 Å². The summed E-state index contributed by atoms with van der Waals surface area (Å²) in [6.07, 6.45) is 0. The molecule has 0 saturated heterocycles. The molecule has 0 radical (unpaired) electrons. The summed E-state index contributed by atoms with van der Waals surface area (Å²) in [6.45, 7) is 1.08. The molecule has 2 heterocycles. The normalized spacial score (nSPS) is 12.6. The first-order chi connectivity index (χ1) is 28.0. The third kappa shape index (κ3) is 8.03. The molecule has 0 spiro atoms. The number of rotatable bonds is 10. The molecule has 57 heavy (non-hydrogen) atoms. The van der Waals surface area contributed by atoms with E-state index in [9.17, 15) is 21.0 Å². The largest absolute Gasteiger partial charge is 0.490 e. The lowest BCUT2D eigenvalue weighted by molar-refractivity contribution is 0.107. The van der Waals surface area contributed by atoms with Crippen LogP contribution in [0.25, 0.3) is 22.5 Å². The number of nitriles is 4. The molecule has 0 amide bonds. The Labute approximate surface area is 330 Å². The van der Waals surface area contributed by atoms with Gasteiger partial charge in [-0.1, -0.05) is 88.6 Å². The lowest BCUT2D eigenvalue weighted by Crippen LogP contribution is -2.09. The minimum atomic E-state index is -0.0646. The average molecular weight is 769 g/mol. The Morgan fingerprint density at radius 2 is 0.860 bits per heavy atom. The van der Waals surface area contributed by atoms with E-state index in [1.54, 1.807) is 18.2 Å². The molecule has 0 bridgehead atoms. The van der Waals surface area contributed by atoms with E-state index in [1.807, 2.05) is 109 Å². The molecule has 0 aliphatic heterocycles. The number of ether oxygens (including phenoxy) is 2. The first kappa shape index (κ1) is 37.2. The maximum absolute atomic E-state index is 9.27. The molecular formula is C42H25ClN10O4. The number of benzene rings is 4. The summed E-state index contributed by atoms with van der Waals surface area (Å²) >= 11 is 6.14. The highest BCUT2D eigenvalue weighted by atomic mass is 35.5. The number of aromatic nitrogens is 4. The molecule has 4 aromatic carbocycles. The van der Waals surface area contributed by atoms with Gasteiger partial charge in [0.05, 0.1) is 0 Å². The van der Waals surface area contributed by atoms with Gasteiger partial charge in [-0.3, -0.25) is 0 Å². The molecule has 0 atom stereocenters. The number of halogens is 1. The number of hydrogen-bond acceptors (Lipinski definition) is 14. The highest BCUT2D eigenvalue weighted by molar-refractivity contribution is 6.32. The molecule has 8 rings (SSSR count). The number of fused-ring (bicyclic) bond motifs is 6. The van der Waals surface area contributed by atoms with Crippen LogP contribution in [0.5, 0.6) is 11.5 Å². The Bertz CT molecular complexity index is 2720. The first-order valence-electron chi connectivity index (χ1n) is 17.1. The molecular weight excluding hydrogens is 744 g/mol. The standard InChI is InChI=1S/C21H12ClN5O2.C21H13N5O2/c22-13-6-7-15-16(10-13)20(21-19(15)25-17(11-23)18(12-24)26-21)27-29-9-8-28-14-4-2-1-3-5-14;22-12-17-18(13-23)25-21-19(24-17)15-8-4-5-9-16(15)20(21)26-28-11-10-27-14-6-2-1-3-7-14/h1-7,10H,8-9H2;1-9H,10-11H2/b27-20+;26-20+. The molecule has 6 aromatic rings. The Hall–Kier alpha value is -8.17. The summed E-state index contributed by atoms with van der Waals surface area (Å²) in [5.41, 5.74) is 5.54. The molecule has 15 heteroatoms. The highest BCUT2D eigenvalue weighted by Gasteiger charge is 2.32. The Morgan fingerprint density at radius 3 is 1.33 bits per heavy atom. The van der Waals surface area contributed by atoms with Gasteiger partial charge in [0, 0.05) is 27.3 Å². The summed E-state index contributed by atoms with van der Waals surface area (Å²) in [5.74, 6) is 1.49. The number of oxime groups is 2. The van der Waals surface area contributed by atoms with Crippen LogP contribution in [0.2, 0.25) is 5.02 Å². The Kier molecular flexibility index (Phi) is 11.3. The summed E-state index contributed by atoms with van der Waals surface area (Å²) in [6, 6.07) is 39.1. The number of hydrogen-bond donors (Lipinski definition) is 0. The molecule has 0 saturated carbocycles. The predicted molar refractivity (Wildman–Crippen MR) is 206 cm³/mol. The van der Waals surface area contributed by atoms with E-state index < -0.39 is 0 Å². The van der Waals surface area contributed by atoms with E-state index >= 15 is 0 Å². The Balaban J connectivity index is 0.000000174. The fourth-order valence-corrected chi connectivity index (χ4v) is 5.96. The van der Waals surface area contributed by atoms with Crippen molar-refractivity contribution < 1.29 is 19.1 Å². The monoisotopic (exact) mass is 768 g/mol. The van der Waals surface area contributed by atoms with Gasteiger partial charge in [0.1, 0.15) is 83.2 Å². The van der Waals surface area contributed by atoms with Crippen molar-refractivity contribution in [2.45, 2.75) is 0 Å². The van der Waals surface area contributed by atoms with Crippen LogP contribution in [0.3, 0.4) is 0 Å². The van der Waals surface area contributed by atoms with Crippen molar-refractivity contribution in [2.75, 3.05) is 26.4 Å². The van der Waals surface area contributed by atoms with Gasteiger partial charge >= 0.3 is 0 Å². The van der Waals surface area contributed by atoms with Crippen LogP contribution in [0, 0.1) is 45.3 Å². The van der Waals surface area contributed by atoms with Gasteiger partial charge in [-0.25, -0.2) is 19.9 Å². The topological polar surface area (TPSA) is 208 Å². The van der Waals surface area contributed by atoms with E-state index in [2.05, 4.69) is 30.2 Å². The molecule has 2 aliphatic rings. The molecule has 0 fully saturated rings. The summed E-state index contributed by atoms with van der Waals surface area (Å²) in [7, 11) is 0. The molecule has 14 nitrogen and oxygen atoms in total. The number of para-hydroxylation sites is 2. The van der Waals surface area contributed by atoms with Crippen molar-refractivity contribution in [3.63, 3.8) is 0 Å². The van der Waals surface area contributed by atoms with E-state index in [0.29, 0.717) is 58.0 Å². The maximum Gasteiger partial charge on any atom is 0.177 e. The van der Waals surface area contributed by atoms with Gasteiger partial charge in [0.15, 0.2) is 36.0 Å². The second kappa shape index (κ2) is 17.3. The lowest BCUT2D eigenvalue weighted by atomic mass is 10.1. The molecule has 2 aliphatic carbocycles. The van der Waals surface area contributed by atoms with E-state index in [1.165, 1.54) is 0 Å². The van der Waals surface area contributed by atoms with E-state index in [4.69, 9.17) is 30.7 Å². The van der Waals surface area contributed by atoms with Crippen molar-refractivity contribution in [3.05, 3.63) is 153 Å². The van der Waals surface area contributed by atoms with E-state index in [0.717, 1.165) is 28.2 Å². The number of nitrogens with zero attached hydrogens (tertiary/aromatic N) is 10. The third-order valence-electron chi connectivity index (χ3n) is 8.28. The molecule has 274 valence electrons. The quantitative estimate of drug-likeness (QED) is 0.105. The molecule has 0 N–H and O–H groups in total. The van der Waals surface area contributed by atoms with Crippen LogP contribution in [-0.4, -0.2) is 57.8 Å². The third-order valence-corrected chi connectivity index (χ3v) is 8.51. The SMILES string of the molecule is N#Cc1nc2c(nc1C#N)-c1ccc(Cl)cc1/C2=N\OCCOc1ccccc1.N#Cc1nc2c(nc1C#N)-c1ccccc1/C2=N\OCCOc1ccccc1. The van der Waals surface area contributed by atoms with Gasteiger partial charge in [-0.2, -0.15) is 21.0 Å². The van der Waals surface area contributed by atoms with Gasteiger partial charge < -0.3 is 19.1 Å². The highest BCUT2D eigenvalue weighted by Crippen LogP contribution is 2.37. The smallest absolute Gasteiger partial charge is 0.177 e.